The fourth-order valence-corrected chi connectivity index (χ4v) is 4.66. The second-order valence-corrected chi connectivity index (χ2v) is 9.03. The first-order valence-corrected chi connectivity index (χ1v) is 11.6. The van der Waals surface area contributed by atoms with Gasteiger partial charge in [-0.15, -0.1) is 11.3 Å². The van der Waals surface area contributed by atoms with E-state index in [4.69, 9.17) is 10.5 Å². The van der Waals surface area contributed by atoms with E-state index in [2.05, 4.69) is 20.4 Å². The number of rotatable bonds is 5. The molecule has 11 heteroatoms. The Morgan fingerprint density at radius 1 is 1.26 bits per heavy atom. The molecule has 0 aliphatic carbocycles. The van der Waals surface area contributed by atoms with E-state index >= 15 is 0 Å². The van der Waals surface area contributed by atoms with Crippen LogP contribution in [0.1, 0.15) is 35.3 Å². The summed E-state index contributed by atoms with van der Waals surface area (Å²) in [6.07, 6.45) is 3.26. The van der Waals surface area contributed by atoms with E-state index in [0.29, 0.717) is 30.4 Å². The van der Waals surface area contributed by atoms with E-state index in [9.17, 15) is 9.59 Å². The predicted octanol–water partition coefficient (Wildman–Crippen LogP) is 2.77. The molecule has 1 aliphatic heterocycles. The highest BCUT2D eigenvalue weighted by Gasteiger charge is 2.30. The minimum Gasteiger partial charge on any atom is -0.383 e. The average Bonchev–Trinajstić information content (AvgIpc) is 3.59. The van der Waals surface area contributed by atoms with Crippen LogP contribution in [0.3, 0.4) is 0 Å². The molecule has 3 N–H and O–H groups in total. The van der Waals surface area contributed by atoms with Crippen molar-refractivity contribution < 1.29 is 14.3 Å². The van der Waals surface area contributed by atoms with Crippen molar-refractivity contribution in [2.24, 2.45) is 7.05 Å². The molecule has 1 unspecified atom stereocenters. The summed E-state index contributed by atoms with van der Waals surface area (Å²) in [6, 6.07) is 7.24. The Balaban J connectivity index is 1.43. The van der Waals surface area contributed by atoms with Gasteiger partial charge in [-0.05, 0) is 30.7 Å². The summed E-state index contributed by atoms with van der Waals surface area (Å²) >= 11 is 1.55. The second kappa shape index (κ2) is 8.84. The van der Waals surface area contributed by atoms with E-state index in [0.717, 1.165) is 26.9 Å². The van der Waals surface area contributed by atoms with Gasteiger partial charge in [0.2, 0.25) is 0 Å². The van der Waals surface area contributed by atoms with Crippen LogP contribution in [0.4, 0.5) is 11.5 Å². The van der Waals surface area contributed by atoms with Crippen LogP contribution >= 0.6 is 11.3 Å². The number of aryl methyl sites for hydroxylation is 1. The summed E-state index contributed by atoms with van der Waals surface area (Å²) < 4.78 is 8.17. The summed E-state index contributed by atoms with van der Waals surface area (Å²) in [5, 5.41) is 7.15. The number of hydrogen-bond donors (Lipinski definition) is 2. The molecule has 4 heterocycles. The number of aromatic nitrogens is 4. The topological polar surface area (TPSA) is 128 Å². The Morgan fingerprint density at radius 2 is 2.09 bits per heavy atom. The number of ether oxygens (including phenoxy) is 1. The lowest BCUT2D eigenvalue weighted by atomic mass is 10.1. The number of amides is 2. The second-order valence-electron chi connectivity index (χ2n) is 8.14. The number of hydrogen-bond acceptors (Lipinski definition) is 8. The maximum atomic E-state index is 13.4. The summed E-state index contributed by atoms with van der Waals surface area (Å²) in [7, 11) is 1.81. The zero-order valence-electron chi connectivity index (χ0n) is 18.7. The Hall–Kier alpha value is -3.83. The van der Waals surface area contributed by atoms with E-state index in [1.165, 1.54) is 11.1 Å². The first-order chi connectivity index (χ1) is 16.4. The van der Waals surface area contributed by atoms with Crippen LogP contribution < -0.4 is 11.1 Å². The van der Waals surface area contributed by atoms with Crippen molar-refractivity contribution in [2.45, 2.75) is 32.7 Å². The van der Waals surface area contributed by atoms with Crippen molar-refractivity contribution >= 4 is 44.9 Å². The highest BCUT2D eigenvalue weighted by molar-refractivity contribution is 7.16. The molecular formula is C23H23N7O3S. The van der Waals surface area contributed by atoms with Crippen molar-refractivity contribution in [3.05, 3.63) is 64.6 Å². The zero-order chi connectivity index (χ0) is 23.8. The monoisotopic (exact) mass is 477 g/mol. The summed E-state index contributed by atoms with van der Waals surface area (Å²) in [6.45, 7) is 2.70. The number of carbonyl (C=O) groups is 2. The van der Waals surface area contributed by atoms with Crippen molar-refractivity contribution in [1.29, 1.82) is 0 Å². The smallest absolute Gasteiger partial charge is 0.313 e. The molecule has 10 nitrogen and oxygen atoms in total. The van der Waals surface area contributed by atoms with Gasteiger partial charge >= 0.3 is 11.8 Å². The van der Waals surface area contributed by atoms with Crippen LogP contribution in [-0.2, 0) is 41.1 Å². The van der Waals surface area contributed by atoms with Gasteiger partial charge in [0.1, 0.15) is 5.82 Å². The number of thiazole rings is 1. The third-order valence-corrected chi connectivity index (χ3v) is 6.71. The molecule has 4 aromatic rings. The highest BCUT2D eigenvalue weighted by atomic mass is 32.1. The van der Waals surface area contributed by atoms with Gasteiger partial charge in [-0.3, -0.25) is 14.3 Å². The van der Waals surface area contributed by atoms with Crippen molar-refractivity contribution in [3.8, 4) is 0 Å². The van der Waals surface area contributed by atoms with Crippen LogP contribution in [0.15, 0.2) is 42.2 Å². The maximum absolute atomic E-state index is 13.4. The molecule has 1 aliphatic rings. The standard InChI is InChI=1S/C23H23N7O3S/c1-13(17-5-6-29(2)28-17)30(9-14-3-4-20-18(7-14)26-12-34-20)23(32)22(31)27-19-8-25-21(24)16-11-33-10-15(16)19/h3-8,12-13H,9-11H2,1-2H3,(H2,24,25)(H,27,31). The number of benzene rings is 1. The van der Waals surface area contributed by atoms with E-state index in [1.807, 2.05) is 38.2 Å². The zero-order valence-corrected chi connectivity index (χ0v) is 19.5. The fourth-order valence-electron chi connectivity index (χ4n) is 4.00. The first-order valence-electron chi connectivity index (χ1n) is 10.7. The highest BCUT2D eigenvalue weighted by Crippen LogP contribution is 2.30. The summed E-state index contributed by atoms with van der Waals surface area (Å²) in [5.41, 5.74) is 12.0. The Bertz CT molecular complexity index is 1400. The normalized spacial score (nSPS) is 13.6. The molecule has 1 atom stereocenters. The molecular weight excluding hydrogens is 454 g/mol. The molecule has 3 aromatic heterocycles. The summed E-state index contributed by atoms with van der Waals surface area (Å²) in [4.78, 5) is 36.5. The minimum atomic E-state index is -0.766. The van der Waals surface area contributed by atoms with Crippen molar-refractivity contribution in [3.63, 3.8) is 0 Å². The minimum absolute atomic E-state index is 0.221. The third-order valence-electron chi connectivity index (χ3n) is 5.90. The first kappa shape index (κ1) is 22.0. The van der Waals surface area contributed by atoms with Gasteiger partial charge in [0, 0.05) is 30.9 Å². The Morgan fingerprint density at radius 3 is 2.88 bits per heavy atom. The number of pyridine rings is 1. The quantitative estimate of drug-likeness (QED) is 0.423. The van der Waals surface area contributed by atoms with Gasteiger partial charge in [-0.2, -0.15) is 5.10 Å². The van der Waals surface area contributed by atoms with E-state index in [1.54, 1.807) is 27.7 Å². The van der Waals surface area contributed by atoms with Crippen molar-refractivity contribution in [1.82, 2.24) is 24.6 Å². The molecule has 1 aromatic carbocycles. The van der Waals surface area contributed by atoms with Crippen LogP contribution in [0.2, 0.25) is 0 Å². The van der Waals surface area contributed by atoms with Crippen molar-refractivity contribution in [2.75, 3.05) is 11.1 Å². The number of fused-ring (bicyclic) bond motifs is 2. The average molecular weight is 478 g/mol. The molecule has 2 amide bonds. The van der Waals surface area contributed by atoms with Gasteiger partial charge in [-0.25, -0.2) is 9.97 Å². The van der Waals surface area contributed by atoms with Crippen LogP contribution in [0.25, 0.3) is 10.2 Å². The maximum Gasteiger partial charge on any atom is 0.313 e. The van der Waals surface area contributed by atoms with Crippen LogP contribution in [-0.4, -0.2) is 36.5 Å². The lowest BCUT2D eigenvalue weighted by Crippen LogP contribution is -2.41. The van der Waals surface area contributed by atoms with Gasteiger partial charge in [-0.1, -0.05) is 6.07 Å². The molecule has 34 heavy (non-hydrogen) atoms. The van der Waals surface area contributed by atoms with Gasteiger partial charge in [0.25, 0.3) is 0 Å². The van der Waals surface area contributed by atoms with Crippen LogP contribution in [0.5, 0.6) is 0 Å². The molecule has 0 radical (unpaired) electrons. The Kier molecular flexibility index (Phi) is 5.72. The molecule has 0 bridgehead atoms. The number of nitrogen functional groups attached to an aromatic ring is 1. The number of nitrogens with zero attached hydrogens (tertiary/aromatic N) is 5. The van der Waals surface area contributed by atoms with E-state index < -0.39 is 17.9 Å². The summed E-state index contributed by atoms with van der Waals surface area (Å²) in [5.74, 6) is -1.08. The molecule has 0 saturated heterocycles. The largest absolute Gasteiger partial charge is 0.383 e. The SMILES string of the molecule is CC(c1ccn(C)n1)N(Cc1ccc2scnc2c1)C(=O)C(=O)Nc1cnc(N)c2c1COC2. The molecule has 174 valence electrons. The molecule has 0 spiro atoms. The fraction of sp³-hybridized carbons (Fsp3) is 0.261. The lowest BCUT2D eigenvalue weighted by molar-refractivity contribution is -0.145. The molecule has 0 saturated carbocycles. The predicted molar refractivity (Wildman–Crippen MR) is 128 cm³/mol. The van der Waals surface area contributed by atoms with Crippen LogP contribution in [0, 0.1) is 0 Å². The molecule has 5 rings (SSSR count). The lowest BCUT2D eigenvalue weighted by Gasteiger charge is -2.28. The van der Waals surface area contributed by atoms with Gasteiger partial charge < -0.3 is 20.7 Å². The molecule has 0 fully saturated rings. The number of carbonyl (C=O) groups excluding carboxylic acids is 2. The van der Waals surface area contributed by atoms with Gasteiger partial charge in [0.15, 0.2) is 0 Å². The number of nitrogens with one attached hydrogen (secondary N) is 1. The third kappa shape index (κ3) is 4.11. The number of anilines is 2. The number of nitrogens with two attached hydrogens (primary N) is 1. The Labute approximate surface area is 199 Å². The van der Waals surface area contributed by atoms with Gasteiger partial charge in [0.05, 0.1) is 52.6 Å². The van der Waals surface area contributed by atoms with E-state index in [-0.39, 0.29) is 6.54 Å².